The van der Waals surface area contributed by atoms with Crippen LogP contribution in [0.15, 0.2) is 24.3 Å². The van der Waals surface area contributed by atoms with E-state index in [-0.39, 0.29) is 36.4 Å². The van der Waals surface area contributed by atoms with Crippen molar-refractivity contribution in [2.45, 2.75) is 63.3 Å². The van der Waals surface area contributed by atoms with Crippen LogP contribution in [0.5, 0.6) is 0 Å². The van der Waals surface area contributed by atoms with E-state index in [2.05, 4.69) is 21.7 Å². The Balaban J connectivity index is 1.29. The number of ketones is 1. The quantitative estimate of drug-likeness (QED) is 0.380. The number of amides is 3. The minimum atomic E-state index is -0.924. The Hall–Kier alpha value is -3.16. The Labute approximate surface area is 198 Å². The van der Waals surface area contributed by atoms with Crippen molar-refractivity contribution in [1.82, 2.24) is 15.6 Å². The topological polar surface area (TPSA) is 134 Å². The fraction of sp³-hybridized carbons (Fsp3) is 0.538. The lowest BCUT2D eigenvalue weighted by molar-refractivity contribution is -0.131. The molecule has 2 heterocycles. The van der Waals surface area contributed by atoms with Gasteiger partial charge in [0.25, 0.3) is 0 Å². The van der Waals surface area contributed by atoms with Crippen molar-refractivity contribution < 1.29 is 19.2 Å². The summed E-state index contributed by atoms with van der Waals surface area (Å²) in [5, 5.41) is 6.58. The first-order valence-electron chi connectivity index (χ1n) is 12.4. The van der Waals surface area contributed by atoms with E-state index in [1.807, 2.05) is 18.2 Å². The third kappa shape index (κ3) is 5.00. The zero-order valence-corrected chi connectivity index (χ0v) is 19.3. The van der Waals surface area contributed by atoms with Gasteiger partial charge in [0.05, 0.1) is 5.69 Å². The lowest BCUT2D eigenvalue weighted by atomic mass is 9.92. The Morgan fingerprint density at radius 2 is 1.88 bits per heavy atom. The summed E-state index contributed by atoms with van der Waals surface area (Å²) in [6.45, 7) is 0.564. The number of hydrogen-bond donors (Lipinski definition) is 4. The van der Waals surface area contributed by atoms with Crippen LogP contribution in [0, 0.1) is 17.8 Å². The normalized spacial score (nSPS) is 21.8. The van der Waals surface area contributed by atoms with E-state index in [1.54, 1.807) is 0 Å². The number of carbonyl (C=O) groups is 4. The second-order valence-corrected chi connectivity index (χ2v) is 10.2. The van der Waals surface area contributed by atoms with Crippen molar-refractivity contribution in [2.24, 2.45) is 23.5 Å². The van der Waals surface area contributed by atoms with Gasteiger partial charge in [-0.15, -0.1) is 0 Å². The standard InChI is InChI=1S/C26H32N4O4/c27-24(32)22(11-16-8-9-28-25(16)33)30-26(34)17(10-14-4-5-14)12-23(31)21-13-19-18(15-6-7-15)2-1-3-20(19)29-21/h1-3,13-17,22,29H,4-12H2,(H2,27,32)(H,28,33)(H,30,34)/t16-,17+,22-/m0/s1. The minimum Gasteiger partial charge on any atom is -0.368 e. The fourth-order valence-electron chi connectivity index (χ4n) is 5.14. The third-order valence-electron chi connectivity index (χ3n) is 7.48. The van der Waals surface area contributed by atoms with Gasteiger partial charge in [0.2, 0.25) is 17.7 Å². The molecule has 0 radical (unpaired) electrons. The maximum absolute atomic E-state index is 13.2. The molecule has 3 fully saturated rings. The number of hydrogen-bond acceptors (Lipinski definition) is 4. The van der Waals surface area contributed by atoms with Gasteiger partial charge in [0.1, 0.15) is 6.04 Å². The van der Waals surface area contributed by atoms with E-state index >= 15 is 0 Å². The van der Waals surface area contributed by atoms with Crippen LogP contribution in [0.1, 0.15) is 73.3 Å². The van der Waals surface area contributed by atoms with Gasteiger partial charge in [-0.2, -0.15) is 0 Å². The van der Waals surface area contributed by atoms with Crippen molar-refractivity contribution >= 4 is 34.4 Å². The predicted octanol–water partition coefficient (Wildman–Crippen LogP) is 2.53. The van der Waals surface area contributed by atoms with E-state index in [9.17, 15) is 19.2 Å². The van der Waals surface area contributed by atoms with Crippen LogP contribution in [0.3, 0.4) is 0 Å². The van der Waals surface area contributed by atoms with Crippen LogP contribution in [-0.2, 0) is 14.4 Å². The van der Waals surface area contributed by atoms with E-state index in [4.69, 9.17) is 5.73 Å². The number of benzene rings is 1. The Bertz CT molecular complexity index is 1130. The lowest BCUT2D eigenvalue weighted by Crippen LogP contribution is -2.48. The van der Waals surface area contributed by atoms with Crippen molar-refractivity contribution in [1.29, 1.82) is 0 Å². The number of rotatable bonds is 11. The molecule has 0 bridgehead atoms. The first kappa shape index (κ1) is 22.6. The Kier molecular flexibility index (Phi) is 6.15. The first-order valence-corrected chi connectivity index (χ1v) is 12.4. The zero-order chi connectivity index (χ0) is 23.8. The Morgan fingerprint density at radius 3 is 2.53 bits per heavy atom. The molecule has 3 atom stereocenters. The summed E-state index contributed by atoms with van der Waals surface area (Å²) >= 11 is 0. The number of fused-ring (bicyclic) bond motifs is 1. The number of nitrogens with one attached hydrogen (secondary N) is 3. The second-order valence-electron chi connectivity index (χ2n) is 10.2. The fourth-order valence-corrected chi connectivity index (χ4v) is 5.14. The second kappa shape index (κ2) is 9.24. The molecule has 1 aliphatic heterocycles. The van der Waals surface area contributed by atoms with Crippen LogP contribution in [0.2, 0.25) is 0 Å². The van der Waals surface area contributed by atoms with Gasteiger partial charge in [-0.3, -0.25) is 19.2 Å². The highest BCUT2D eigenvalue weighted by Crippen LogP contribution is 2.43. The molecule has 2 aromatic rings. The zero-order valence-electron chi connectivity index (χ0n) is 19.3. The molecule has 2 saturated carbocycles. The summed E-state index contributed by atoms with van der Waals surface area (Å²) in [7, 11) is 0. The van der Waals surface area contributed by atoms with Crippen LogP contribution in [-0.4, -0.2) is 41.1 Å². The molecule has 3 amide bonds. The molecule has 0 spiro atoms. The van der Waals surface area contributed by atoms with Crippen molar-refractivity contribution in [2.75, 3.05) is 6.54 Å². The number of Topliss-reactive ketones (excluding diaryl/α,β-unsaturated/α-hetero) is 1. The molecule has 8 heteroatoms. The highest BCUT2D eigenvalue weighted by atomic mass is 16.2. The molecule has 2 aliphatic carbocycles. The van der Waals surface area contributed by atoms with Gasteiger partial charge in [0.15, 0.2) is 5.78 Å². The lowest BCUT2D eigenvalue weighted by Gasteiger charge is -2.22. The molecule has 1 aromatic carbocycles. The SMILES string of the molecule is NC(=O)[C@H](C[C@@H]1CCNC1=O)NC(=O)[C@@H](CC(=O)c1cc2c(C3CC3)cccc2[nH]1)CC1CC1. The molecule has 1 saturated heterocycles. The summed E-state index contributed by atoms with van der Waals surface area (Å²) in [6.07, 6.45) is 5.95. The maximum Gasteiger partial charge on any atom is 0.240 e. The summed E-state index contributed by atoms with van der Waals surface area (Å²) in [5.74, 6) is -1.09. The minimum absolute atomic E-state index is 0.0727. The number of H-pyrrole nitrogens is 1. The smallest absolute Gasteiger partial charge is 0.240 e. The third-order valence-corrected chi connectivity index (χ3v) is 7.48. The molecule has 5 N–H and O–H groups in total. The monoisotopic (exact) mass is 464 g/mol. The largest absolute Gasteiger partial charge is 0.368 e. The van der Waals surface area contributed by atoms with E-state index in [0.29, 0.717) is 36.9 Å². The van der Waals surface area contributed by atoms with Gasteiger partial charge >= 0.3 is 0 Å². The van der Waals surface area contributed by atoms with Crippen molar-refractivity contribution in [3.63, 3.8) is 0 Å². The molecule has 34 heavy (non-hydrogen) atoms. The summed E-state index contributed by atoms with van der Waals surface area (Å²) < 4.78 is 0. The number of carbonyl (C=O) groups excluding carboxylic acids is 4. The van der Waals surface area contributed by atoms with Gasteiger partial charge in [-0.1, -0.05) is 25.0 Å². The number of aromatic nitrogens is 1. The van der Waals surface area contributed by atoms with Crippen LogP contribution >= 0.6 is 0 Å². The number of aromatic amines is 1. The molecule has 1 aromatic heterocycles. The maximum atomic E-state index is 13.2. The van der Waals surface area contributed by atoms with E-state index in [0.717, 1.165) is 23.7 Å². The molecule has 5 rings (SSSR count). The molecule has 0 unspecified atom stereocenters. The van der Waals surface area contributed by atoms with E-state index in [1.165, 1.54) is 18.4 Å². The van der Waals surface area contributed by atoms with Gasteiger partial charge in [0, 0.05) is 35.7 Å². The summed E-state index contributed by atoms with van der Waals surface area (Å²) in [5.41, 5.74) is 8.29. The van der Waals surface area contributed by atoms with Gasteiger partial charge in [-0.25, -0.2) is 0 Å². The van der Waals surface area contributed by atoms with Crippen LogP contribution in [0.4, 0.5) is 0 Å². The molecule has 180 valence electrons. The highest BCUT2D eigenvalue weighted by molar-refractivity contribution is 6.02. The Morgan fingerprint density at radius 1 is 1.09 bits per heavy atom. The summed E-state index contributed by atoms with van der Waals surface area (Å²) in [6, 6.07) is 7.11. The first-order chi connectivity index (χ1) is 16.4. The van der Waals surface area contributed by atoms with E-state index < -0.39 is 17.9 Å². The molecular formula is C26H32N4O4. The van der Waals surface area contributed by atoms with Crippen molar-refractivity contribution in [3.05, 3.63) is 35.5 Å². The summed E-state index contributed by atoms with van der Waals surface area (Å²) in [4.78, 5) is 53.6. The molecule has 8 nitrogen and oxygen atoms in total. The van der Waals surface area contributed by atoms with Crippen molar-refractivity contribution in [3.8, 4) is 0 Å². The average molecular weight is 465 g/mol. The number of nitrogens with two attached hydrogens (primary N) is 1. The molecular weight excluding hydrogens is 432 g/mol. The van der Waals surface area contributed by atoms with Gasteiger partial charge < -0.3 is 21.4 Å². The van der Waals surface area contributed by atoms with Crippen LogP contribution in [0.25, 0.3) is 10.9 Å². The highest BCUT2D eigenvalue weighted by Gasteiger charge is 2.35. The average Bonchev–Trinajstić information content (AvgIpc) is 3.73. The predicted molar refractivity (Wildman–Crippen MR) is 127 cm³/mol. The molecule has 3 aliphatic rings. The number of primary amides is 1. The van der Waals surface area contributed by atoms with Crippen LogP contribution < -0.4 is 16.4 Å². The van der Waals surface area contributed by atoms with Gasteiger partial charge in [-0.05, 0) is 61.6 Å².